The van der Waals surface area contributed by atoms with Crippen LogP contribution in [0.5, 0.6) is 0 Å². The molecule has 1 nitrogen and oxygen atoms in total. The fraction of sp³-hybridized carbons (Fsp3) is 1.00. The van der Waals surface area contributed by atoms with Crippen molar-refractivity contribution in [2.24, 2.45) is 11.8 Å². The van der Waals surface area contributed by atoms with Gasteiger partial charge >= 0.3 is 0 Å². The molecule has 0 amide bonds. The molecule has 2 aliphatic rings. The number of nitrogens with zero attached hydrogens (tertiary/aromatic N) is 1. The van der Waals surface area contributed by atoms with Gasteiger partial charge in [-0.1, -0.05) is 20.8 Å². The molecule has 1 heteroatoms. The highest BCUT2D eigenvalue weighted by Crippen LogP contribution is 2.36. The summed E-state index contributed by atoms with van der Waals surface area (Å²) in [6, 6.07) is 1.85. The van der Waals surface area contributed by atoms with Gasteiger partial charge in [0.25, 0.3) is 0 Å². The van der Waals surface area contributed by atoms with Gasteiger partial charge in [0.05, 0.1) is 0 Å². The van der Waals surface area contributed by atoms with Gasteiger partial charge in [0, 0.05) is 18.6 Å². The van der Waals surface area contributed by atoms with E-state index in [-0.39, 0.29) is 0 Å². The summed E-state index contributed by atoms with van der Waals surface area (Å²) >= 11 is 0. The lowest BCUT2D eigenvalue weighted by atomic mass is 9.89. The van der Waals surface area contributed by atoms with Crippen molar-refractivity contribution in [3.63, 3.8) is 0 Å². The second-order valence-electron chi connectivity index (χ2n) is 5.41. The molecule has 2 fully saturated rings. The molecule has 0 spiro atoms. The fourth-order valence-corrected chi connectivity index (χ4v) is 3.08. The molecule has 0 aromatic heterocycles. The molecule has 1 aliphatic heterocycles. The Kier molecular flexibility index (Phi) is 2.64. The number of rotatable bonds is 2. The van der Waals surface area contributed by atoms with E-state index in [1.54, 1.807) is 0 Å². The monoisotopic (exact) mass is 181 g/mol. The Balaban J connectivity index is 1.87. The minimum absolute atomic E-state index is 0.865. The lowest BCUT2D eigenvalue weighted by Gasteiger charge is -2.47. The summed E-state index contributed by atoms with van der Waals surface area (Å²) < 4.78 is 0. The first kappa shape index (κ1) is 9.51. The molecular formula is C12H23N. The number of hydrogen-bond acceptors (Lipinski definition) is 1. The highest BCUT2D eigenvalue weighted by atomic mass is 15.2. The standard InChI is InChI=1S/C12H23N/c1-9(2)12-6-7-13(12)11-5-4-10(3)8-11/h9-12H,4-8H2,1-3H3. The first-order valence-electron chi connectivity index (χ1n) is 5.94. The Bertz CT molecular complexity index is 176. The van der Waals surface area contributed by atoms with Crippen molar-refractivity contribution in [3.05, 3.63) is 0 Å². The van der Waals surface area contributed by atoms with Crippen LogP contribution in [0.25, 0.3) is 0 Å². The minimum atomic E-state index is 0.865. The highest BCUT2D eigenvalue weighted by Gasteiger charge is 2.37. The van der Waals surface area contributed by atoms with E-state index in [0.29, 0.717) is 0 Å². The van der Waals surface area contributed by atoms with Gasteiger partial charge < -0.3 is 0 Å². The van der Waals surface area contributed by atoms with Crippen LogP contribution in [0.1, 0.15) is 46.5 Å². The lowest BCUT2D eigenvalue weighted by Crippen LogP contribution is -2.54. The average molecular weight is 181 g/mol. The zero-order valence-electron chi connectivity index (χ0n) is 9.29. The van der Waals surface area contributed by atoms with Crippen molar-refractivity contribution in [1.29, 1.82) is 0 Å². The van der Waals surface area contributed by atoms with Crippen molar-refractivity contribution >= 4 is 0 Å². The molecule has 13 heavy (non-hydrogen) atoms. The average Bonchev–Trinajstić information content (AvgIpc) is 2.32. The van der Waals surface area contributed by atoms with Gasteiger partial charge in [0.15, 0.2) is 0 Å². The predicted molar refractivity (Wildman–Crippen MR) is 56.8 cm³/mol. The summed E-state index contributed by atoms with van der Waals surface area (Å²) in [6.07, 6.45) is 5.84. The first-order chi connectivity index (χ1) is 6.18. The molecule has 3 atom stereocenters. The molecule has 1 saturated carbocycles. The summed E-state index contributed by atoms with van der Waals surface area (Å²) in [5.74, 6) is 1.85. The van der Waals surface area contributed by atoms with Crippen molar-refractivity contribution in [1.82, 2.24) is 4.90 Å². The maximum atomic E-state index is 2.77. The summed E-state index contributed by atoms with van der Waals surface area (Å²) in [4.78, 5) is 2.77. The Labute approximate surface area is 82.5 Å². The summed E-state index contributed by atoms with van der Waals surface area (Å²) in [5, 5.41) is 0. The van der Waals surface area contributed by atoms with Crippen LogP contribution in [-0.2, 0) is 0 Å². The third kappa shape index (κ3) is 1.76. The van der Waals surface area contributed by atoms with Gasteiger partial charge in [-0.2, -0.15) is 0 Å². The topological polar surface area (TPSA) is 3.24 Å². The molecular weight excluding hydrogens is 158 g/mol. The van der Waals surface area contributed by atoms with Crippen LogP contribution in [0.2, 0.25) is 0 Å². The third-order valence-electron chi connectivity index (χ3n) is 4.01. The molecule has 0 N–H and O–H groups in total. The van der Waals surface area contributed by atoms with Crippen LogP contribution < -0.4 is 0 Å². The van der Waals surface area contributed by atoms with Crippen LogP contribution in [0, 0.1) is 11.8 Å². The second-order valence-corrected chi connectivity index (χ2v) is 5.41. The lowest BCUT2D eigenvalue weighted by molar-refractivity contribution is 0.0142. The van der Waals surface area contributed by atoms with Crippen molar-refractivity contribution < 1.29 is 0 Å². The summed E-state index contributed by atoms with van der Waals surface area (Å²) in [5.41, 5.74) is 0. The summed E-state index contributed by atoms with van der Waals surface area (Å²) in [7, 11) is 0. The molecule has 0 radical (unpaired) electrons. The third-order valence-corrected chi connectivity index (χ3v) is 4.01. The molecule has 3 unspecified atom stereocenters. The molecule has 2 rings (SSSR count). The maximum absolute atomic E-state index is 2.77. The van der Waals surface area contributed by atoms with Crippen LogP contribution in [0.4, 0.5) is 0 Å². The van der Waals surface area contributed by atoms with E-state index in [9.17, 15) is 0 Å². The zero-order chi connectivity index (χ0) is 9.42. The normalized spacial score (nSPS) is 41.1. The Hall–Kier alpha value is -0.0400. The van der Waals surface area contributed by atoms with Crippen molar-refractivity contribution in [2.75, 3.05) is 6.54 Å². The Morgan fingerprint density at radius 3 is 2.31 bits per heavy atom. The van der Waals surface area contributed by atoms with E-state index in [0.717, 1.165) is 23.9 Å². The predicted octanol–water partition coefficient (Wildman–Crippen LogP) is 2.91. The van der Waals surface area contributed by atoms with E-state index >= 15 is 0 Å². The SMILES string of the molecule is CC1CCC(N2CCC2C(C)C)C1. The van der Waals surface area contributed by atoms with Crippen molar-refractivity contribution in [3.8, 4) is 0 Å². The van der Waals surface area contributed by atoms with Gasteiger partial charge in [-0.05, 0) is 37.5 Å². The van der Waals surface area contributed by atoms with Gasteiger partial charge in [-0.3, -0.25) is 4.90 Å². The van der Waals surface area contributed by atoms with Gasteiger partial charge in [-0.25, -0.2) is 0 Å². The molecule has 1 heterocycles. The maximum Gasteiger partial charge on any atom is 0.0133 e. The van der Waals surface area contributed by atoms with Crippen molar-refractivity contribution in [2.45, 2.75) is 58.5 Å². The Morgan fingerprint density at radius 1 is 1.15 bits per heavy atom. The van der Waals surface area contributed by atoms with Crippen LogP contribution in [-0.4, -0.2) is 23.5 Å². The number of likely N-dealkylation sites (tertiary alicyclic amines) is 1. The van der Waals surface area contributed by atoms with E-state index in [2.05, 4.69) is 25.7 Å². The molecule has 1 saturated heterocycles. The van der Waals surface area contributed by atoms with E-state index in [1.807, 2.05) is 0 Å². The first-order valence-corrected chi connectivity index (χ1v) is 5.94. The second kappa shape index (κ2) is 3.61. The zero-order valence-corrected chi connectivity index (χ0v) is 9.29. The minimum Gasteiger partial charge on any atom is -0.297 e. The molecule has 0 bridgehead atoms. The molecule has 1 aliphatic carbocycles. The molecule has 0 aromatic carbocycles. The van der Waals surface area contributed by atoms with Crippen LogP contribution in [0.15, 0.2) is 0 Å². The van der Waals surface area contributed by atoms with Gasteiger partial charge in [0.1, 0.15) is 0 Å². The quantitative estimate of drug-likeness (QED) is 0.633. The number of hydrogen-bond donors (Lipinski definition) is 0. The van der Waals surface area contributed by atoms with Crippen LogP contribution in [0.3, 0.4) is 0 Å². The largest absolute Gasteiger partial charge is 0.297 e. The molecule has 0 aromatic rings. The van der Waals surface area contributed by atoms with E-state index < -0.39 is 0 Å². The van der Waals surface area contributed by atoms with E-state index in [1.165, 1.54) is 32.2 Å². The van der Waals surface area contributed by atoms with Crippen LogP contribution >= 0.6 is 0 Å². The van der Waals surface area contributed by atoms with E-state index in [4.69, 9.17) is 0 Å². The highest BCUT2D eigenvalue weighted by molar-refractivity contribution is 4.92. The fourth-order valence-electron chi connectivity index (χ4n) is 3.08. The smallest absolute Gasteiger partial charge is 0.0133 e. The van der Waals surface area contributed by atoms with Gasteiger partial charge in [0.2, 0.25) is 0 Å². The summed E-state index contributed by atoms with van der Waals surface area (Å²) in [6.45, 7) is 8.52. The molecule has 76 valence electrons. The Morgan fingerprint density at radius 2 is 1.92 bits per heavy atom. The van der Waals surface area contributed by atoms with Gasteiger partial charge in [-0.15, -0.1) is 0 Å².